The summed E-state index contributed by atoms with van der Waals surface area (Å²) < 4.78 is 0. The standard InChI is InChI=1S/C10H17N3S/c11-9-7-13-10(14-9)12-6-8-4-2-1-3-5-8/h7-8H,1-6,11H2,(H,12,13). The van der Waals surface area contributed by atoms with Gasteiger partial charge in [0, 0.05) is 6.54 Å². The Morgan fingerprint density at radius 3 is 2.86 bits per heavy atom. The minimum Gasteiger partial charge on any atom is -0.389 e. The summed E-state index contributed by atoms with van der Waals surface area (Å²) in [5.41, 5.74) is 5.60. The van der Waals surface area contributed by atoms with Gasteiger partial charge in [-0.15, -0.1) is 0 Å². The van der Waals surface area contributed by atoms with E-state index >= 15 is 0 Å². The van der Waals surface area contributed by atoms with Gasteiger partial charge in [0.05, 0.1) is 6.20 Å². The van der Waals surface area contributed by atoms with Crippen molar-refractivity contribution in [1.82, 2.24) is 4.98 Å². The number of hydrogen-bond donors (Lipinski definition) is 2. The SMILES string of the molecule is Nc1cnc(NCC2CCCCC2)s1. The Bertz CT molecular complexity index is 279. The van der Waals surface area contributed by atoms with Crippen molar-refractivity contribution in [2.24, 2.45) is 5.92 Å². The molecular weight excluding hydrogens is 194 g/mol. The minimum absolute atomic E-state index is 0.788. The van der Waals surface area contributed by atoms with Crippen LogP contribution < -0.4 is 11.1 Å². The number of aromatic nitrogens is 1. The number of nitrogen functional groups attached to an aromatic ring is 1. The second-order valence-corrected chi connectivity index (χ2v) is 5.01. The first kappa shape index (κ1) is 9.77. The molecule has 1 aromatic rings. The van der Waals surface area contributed by atoms with E-state index in [1.165, 1.54) is 43.4 Å². The van der Waals surface area contributed by atoms with E-state index in [1.807, 2.05) is 0 Å². The van der Waals surface area contributed by atoms with Crippen LogP contribution in [0.4, 0.5) is 10.1 Å². The number of hydrogen-bond acceptors (Lipinski definition) is 4. The molecule has 0 aromatic carbocycles. The highest BCUT2D eigenvalue weighted by atomic mass is 32.1. The summed E-state index contributed by atoms with van der Waals surface area (Å²) in [4.78, 5) is 4.18. The fraction of sp³-hybridized carbons (Fsp3) is 0.700. The molecule has 4 heteroatoms. The molecule has 1 fully saturated rings. The molecule has 1 aliphatic rings. The quantitative estimate of drug-likeness (QED) is 0.808. The first-order chi connectivity index (χ1) is 6.84. The van der Waals surface area contributed by atoms with E-state index in [9.17, 15) is 0 Å². The predicted octanol–water partition coefficient (Wildman–Crippen LogP) is 2.72. The summed E-state index contributed by atoms with van der Waals surface area (Å²) in [6, 6.07) is 0. The smallest absolute Gasteiger partial charge is 0.184 e. The van der Waals surface area contributed by atoms with Crippen LogP contribution in [-0.2, 0) is 0 Å². The largest absolute Gasteiger partial charge is 0.389 e. The maximum Gasteiger partial charge on any atom is 0.184 e. The molecule has 3 N–H and O–H groups in total. The maximum atomic E-state index is 5.60. The Labute approximate surface area is 88.7 Å². The van der Waals surface area contributed by atoms with E-state index in [0.29, 0.717) is 0 Å². The fourth-order valence-electron chi connectivity index (χ4n) is 1.99. The second kappa shape index (κ2) is 4.64. The lowest BCUT2D eigenvalue weighted by Gasteiger charge is -2.21. The van der Waals surface area contributed by atoms with E-state index in [-0.39, 0.29) is 0 Å². The van der Waals surface area contributed by atoms with Crippen molar-refractivity contribution in [3.8, 4) is 0 Å². The molecule has 1 heterocycles. The zero-order valence-corrected chi connectivity index (χ0v) is 9.15. The van der Waals surface area contributed by atoms with Crippen molar-refractivity contribution in [1.29, 1.82) is 0 Å². The molecule has 0 bridgehead atoms. The monoisotopic (exact) mass is 211 g/mol. The predicted molar refractivity (Wildman–Crippen MR) is 61.6 cm³/mol. The third-order valence-electron chi connectivity index (χ3n) is 2.79. The summed E-state index contributed by atoms with van der Waals surface area (Å²) in [5, 5.41) is 5.12. The Morgan fingerprint density at radius 1 is 1.43 bits per heavy atom. The average Bonchev–Trinajstić information content (AvgIpc) is 2.63. The topological polar surface area (TPSA) is 50.9 Å². The number of anilines is 2. The molecular formula is C10H17N3S. The molecule has 0 saturated heterocycles. The second-order valence-electron chi connectivity index (χ2n) is 3.95. The normalized spacial score (nSPS) is 18.3. The van der Waals surface area contributed by atoms with Crippen LogP contribution in [0.15, 0.2) is 6.20 Å². The van der Waals surface area contributed by atoms with Crippen LogP contribution >= 0.6 is 11.3 Å². The van der Waals surface area contributed by atoms with Crippen LogP contribution in [0.1, 0.15) is 32.1 Å². The lowest BCUT2D eigenvalue weighted by atomic mass is 9.89. The van der Waals surface area contributed by atoms with Crippen LogP contribution in [0.25, 0.3) is 0 Å². The first-order valence-electron chi connectivity index (χ1n) is 5.30. The Morgan fingerprint density at radius 2 is 2.21 bits per heavy atom. The molecule has 0 spiro atoms. The molecule has 0 atom stereocenters. The van der Waals surface area contributed by atoms with Crippen molar-refractivity contribution >= 4 is 21.5 Å². The van der Waals surface area contributed by atoms with E-state index in [2.05, 4.69) is 10.3 Å². The maximum absolute atomic E-state index is 5.60. The lowest BCUT2D eigenvalue weighted by Crippen LogP contribution is -2.16. The van der Waals surface area contributed by atoms with Crippen molar-refractivity contribution in [2.45, 2.75) is 32.1 Å². The molecule has 78 valence electrons. The molecule has 0 aliphatic heterocycles. The molecule has 1 saturated carbocycles. The zero-order chi connectivity index (χ0) is 9.80. The number of thiazole rings is 1. The molecule has 0 unspecified atom stereocenters. The summed E-state index contributed by atoms with van der Waals surface area (Å²) >= 11 is 1.53. The van der Waals surface area contributed by atoms with Crippen LogP contribution in [0, 0.1) is 5.92 Å². The van der Waals surface area contributed by atoms with E-state index in [4.69, 9.17) is 5.73 Å². The molecule has 1 aromatic heterocycles. The minimum atomic E-state index is 0.788. The summed E-state index contributed by atoms with van der Waals surface area (Å²) in [7, 11) is 0. The van der Waals surface area contributed by atoms with Crippen LogP contribution in [-0.4, -0.2) is 11.5 Å². The Kier molecular flexibility index (Phi) is 3.24. The summed E-state index contributed by atoms with van der Waals surface area (Å²) in [5.74, 6) is 0.842. The molecule has 0 radical (unpaired) electrons. The Balaban J connectivity index is 1.76. The van der Waals surface area contributed by atoms with Crippen molar-refractivity contribution in [3.05, 3.63) is 6.20 Å². The third-order valence-corrected chi connectivity index (χ3v) is 3.57. The third kappa shape index (κ3) is 2.61. The van der Waals surface area contributed by atoms with Gasteiger partial charge in [-0.05, 0) is 18.8 Å². The van der Waals surface area contributed by atoms with Crippen molar-refractivity contribution in [2.75, 3.05) is 17.6 Å². The van der Waals surface area contributed by atoms with Gasteiger partial charge < -0.3 is 11.1 Å². The summed E-state index contributed by atoms with van der Waals surface area (Å²) in [6.45, 7) is 1.06. The highest BCUT2D eigenvalue weighted by molar-refractivity contribution is 7.19. The van der Waals surface area contributed by atoms with Crippen LogP contribution in [0.5, 0.6) is 0 Å². The lowest BCUT2D eigenvalue weighted by molar-refractivity contribution is 0.373. The van der Waals surface area contributed by atoms with Crippen LogP contribution in [0.2, 0.25) is 0 Å². The van der Waals surface area contributed by atoms with Gasteiger partial charge >= 0.3 is 0 Å². The number of nitrogens with two attached hydrogens (primary N) is 1. The van der Waals surface area contributed by atoms with Crippen molar-refractivity contribution < 1.29 is 0 Å². The van der Waals surface area contributed by atoms with Gasteiger partial charge in [-0.3, -0.25) is 0 Å². The number of nitrogens with zero attached hydrogens (tertiary/aromatic N) is 1. The summed E-state index contributed by atoms with van der Waals surface area (Å²) in [6.07, 6.45) is 8.66. The van der Waals surface area contributed by atoms with Gasteiger partial charge in [-0.1, -0.05) is 30.6 Å². The zero-order valence-electron chi connectivity index (χ0n) is 8.33. The molecule has 2 rings (SSSR count). The fourth-order valence-corrected chi connectivity index (χ4v) is 2.58. The van der Waals surface area contributed by atoms with Crippen LogP contribution in [0.3, 0.4) is 0 Å². The highest BCUT2D eigenvalue weighted by Crippen LogP contribution is 2.25. The van der Waals surface area contributed by atoms with E-state index in [1.54, 1.807) is 6.20 Å². The van der Waals surface area contributed by atoms with Gasteiger partial charge in [0.2, 0.25) is 0 Å². The first-order valence-corrected chi connectivity index (χ1v) is 6.11. The van der Waals surface area contributed by atoms with Gasteiger partial charge in [0.1, 0.15) is 5.00 Å². The van der Waals surface area contributed by atoms with Crippen molar-refractivity contribution in [3.63, 3.8) is 0 Å². The Hall–Kier alpha value is -0.770. The van der Waals surface area contributed by atoms with Gasteiger partial charge in [0.15, 0.2) is 5.13 Å². The average molecular weight is 211 g/mol. The number of rotatable bonds is 3. The molecule has 3 nitrogen and oxygen atoms in total. The molecule has 0 amide bonds. The van der Waals surface area contributed by atoms with Gasteiger partial charge in [-0.25, -0.2) is 4.98 Å². The number of nitrogens with one attached hydrogen (secondary N) is 1. The van der Waals surface area contributed by atoms with Gasteiger partial charge in [0.25, 0.3) is 0 Å². The molecule has 14 heavy (non-hydrogen) atoms. The molecule has 1 aliphatic carbocycles. The van der Waals surface area contributed by atoms with E-state index in [0.717, 1.165) is 22.6 Å². The van der Waals surface area contributed by atoms with E-state index < -0.39 is 0 Å². The highest BCUT2D eigenvalue weighted by Gasteiger charge is 2.13. The van der Waals surface area contributed by atoms with Gasteiger partial charge in [-0.2, -0.15) is 0 Å².